The Morgan fingerprint density at radius 3 is 2.56 bits per heavy atom. The number of carbonyl (C=O) groups is 1. The standard InChI is InChI=1S/C14H22N2OS/c1-9-6-7-11(18-9)12-15-10(2)13(17)16(12)8-14(3,4)5/h6-7,10,12,15H,8H2,1-5H3. The summed E-state index contributed by atoms with van der Waals surface area (Å²) in [5.74, 6) is 0.209. The highest BCUT2D eigenvalue weighted by Gasteiger charge is 2.39. The second-order valence-corrected chi connectivity index (χ2v) is 7.59. The van der Waals surface area contributed by atoms with Crippen LogP contribution in [-0.4, -0.2) is 23.4 Å². The number of hydrogen-bond donors (Lipinski definition) is 1. The molecule has 1 aromatic heterocycles. The van der Waals surface area contributed by atoms with Gasteiger partial charge in [0, 0.05) is 16.3 Å². The van der Waals surface area contributed by atoms with Crippen LogP contribution >= 0.6 is 11.3 Å². The summed E-state index contributed by atoms with van der Waals surface area (Å²) in [4.78, 5) is 16.7. The van der Waals surface area contributed by atoms with Crippen molar-refractivity contribution in [3.05, 3.63) is 21.9 Å². The highest BCUT2D eigenvalue weighted by atomic mass is 32.1. The summed E-state index contributed by atoms with van der Waals surface area (Å²) in [5.41, 5.74) is 0.117. The summed E-state index contributed by atoms with van der Waals surface area (Å²) >= 11 is 1.76. The second kappa shape index (κ2) is 4.67. The van der Waals surface area contributed by atoms with Gasteiger partial charge < -0.3 is 4.90 Å². The Balaban J connectivity index is 2.25. The number of carbonyl (C=O) groups excluding carboxylic acids is 1. The zero-order chi connectivity index (χ0) is 13.5. The van der Waals surface area contributed by atoms with Gasteiger partial charge in [-0.2, -0.15) is 0 Å². The van der Waals surface area contributed by atoms with E-state index in [1.54, 1.807) is 11.3 Å². The number of aryl methyl sites for hydroxylation is 1. The molecule has 1 aliphatic rings. The van der Waals surface area contributed by atoms with Crippen molar-refractivity contribution in [1.29, 1.82) is 0 Å². The van der Waals surface area contributed by atoms with E-state index in [2.05, 4.69) is 45.1 Å². The summed E-state index contributed by atoms with van der Waals surface area (Å²) < 4.78 is 0. The molecular weight excluding hydrogens is 244 g/mol. The van der Waals surface area contributed by atoms with E-state index in [0.29, 0.717) is 0 Å². The van der Waals surface area contributed by atoms with Crippen LogP contribution in [0.1, 0.15) is 43.6 Å². The summed E-state index contributed by atoms with van der Waals surface area (Å²) in [7, 11) is 0. The first-order valence-electron chi connectivity index (χ1n) is 6.41. The number of thiophene rings is 1. The fourth-order valence-corrected chi connectivity index (χ4v) is 3.24. The fraction of sp³-hybridized carbons (Fsp3) is 0.643. The van der Waals surface area contributed by atoms with Gasteiger partial charge in [0.05, 0.1) is 6.04 Å². The molecule has 0 radical (unpaired) electrons. The molecule has 4 heteroatoms. The van der Waals surface area contributed by atoms with Gasteiger partial charge in [0.25, 0.3) is 0 Å². The monoisotopic (exact) mass is 266 g/mol. The highest BCUT2D eigenvalue weighted by molar-refractivity contribution is 7.12. The van der Waals surface area contributed by atoms with Crippen molar-refractivity contribution < 1.29 is 4.79 Å². The van der Waals surface area contributed by atoms with Crippen molar-refractivity contribution in [1.82, 2.24) is 10.2 Å². The van der Waals surface area contributed by atoms with E-state index >= 15 is 0 Å². The first-order chi connectivity index (χ1) is 8.28. The van der Waals surface area contributed by atoms with Crippen LogP contribution in [0.3, 0.4) is 0 Å². The summed E-state index contributed by atoms with van der Waals surface area (Å²) in [6.07, 6.45) is 0.0467. The molecule has 100 valence electrons. The second-order valence-electron chi connectivity index (χ2n) is 6.27. The summed E-state index contributed by atoms with van der Waals surface area (Å²) in [5, 5.41) is 3.39. The SMILES string of the molecule is Cc1ccc(C2NC(C)C(=O)N2CC(C)(C)C)s1. The number of hydrogen-bond acceptors (Lipinski definition) is 3. The molecule has 2 atom stereocenters. The first-order valence-corrected chi connectivity index (χ1v) is 7.22. The Hall–Kier alpha value is -0.870. The van der Waals surface area contributed by atoms with Gasteiger partial charge in [-0.3, -0.25) is 10.1 Å². The quantitative estimate of drug-likeness (QED) is 0.892. The highest BCUT2D eigenvalue weighted by Crippen LogP contribution is 2.32. The molecule has 1 aromatic rings. The topological polar surface area (TPSA) is 32.3 Å². The van der Waals surface area contributed by atoms with Crippen molar-refractivity contribution in [2.75, 3.05) is 6.54 Å². The van der Waals surface area contributed by atoms with E-state index in [0.717, 1.165) is 6.54 Å². The number of rotatable bonds is 2. The molecule has 2 unspecified atom stereocenters. The van der Waals surface area contributed by atoms with Crippen LogP contribution in [0.15, 0.2) is 12.1 Å². The Labute approximate surface area is 113 Å². The molecule has 2 heterocycles. The molecule has 18 heavy (non-hydrogen) atoms. The number of amides is 1. The molecule has 0 aliphatic carbocycles. The van der Waals surface area contributed by atoms with Crippen molar-refractivity contribution in [3.8, 4) is 0 Å². The molecule has 1 aliphatic heterocycles. The molecule has 0 saturated carbocycles. The van der Waals surface area contributed by atoms with Gasteiger partial charge >= 0.3 is 0 Å². The summed E-state index contributed by atoms with van der Waals surface area (Å²) in [6, 6.07) is 4.16. The van der Waals surface area contributed by atoms with Crippen LogP contribution in [0, 0.1) is 12.3 Å². The lowest BCUT2D eigenvalue weighted by Gasteiger charge is -2.30. The van der Waals surface area contributed by atoms with Crippen LogP contribution in [-0.2, 0) is 4.79 Å². The molecular formula is C14H22N2OS. The largest absolute Gasteiger partial charge is 0.320 e. The molecule has 0 spiro atoms. The van der Waals surface area contributed by atoms with Crippen molar-refractivity contribution in [2.45, 2.75) is 46.8 Å². The lowest BCUT2D eigenvalue weighted by molar-refractivity contribution is -0.131. The van der Waals surface area contributed by atoms with Gasteiger partial charge in [-0.05, 0) is 31.4 Å². The summed E-state index contributed by atoms with van der Waals surface area (Å²) in [6.45, 7) is 11.3. The molecule has 0 aromatic carbocycles. The normalized spacial score (nSPS) is 24.9. The van der Waals surface area contributed by atoms with Crippen molar-refractivity contribution in [2.24, 2.45) is 5.41 Å². The number of nitrogens with one attached hydrogen (secondary N) is 1. The average Bonchev–Trinajstić information content (AvgIpc) is 2.76. The minimum atomic E-state index is -0.0836. The minimum Gasteiger partial charge on any atom is -0.320 e. The molecule has 3 nitrogen and oxygen atoms in total. The molecule has 2 rings (SSSR count). The predicted octanol–water partition coefficient (Wildman–Crippen LogP) is 2.92. The van der Waals surface area contributed by atoms with Gasteiger partial charge in [0.15, 0.2) is 0 Å². The van der Waals surface area contributed by atoms with E-state index in [-0.39, 0.29) is 23.5 Å². The van der Waals surface area contributed by atoms with Crippen LogP contribution in [0.5, 0.6) is 0 Å². The van der Waals surface area contributed by atoms with E-state index in [9.17, 15) is 4.79 Å². The van der Waals surface area contributed by atoms with E-state index in [1.807, 2.05) is 11.8 Å². The van der Waals surface area contributed by atoms with Gasteiger partial charge in [-0.15, -0.1) is 11.3 Å². The van der Waals surface area contributed by atoms with Crippen molar-refractivity contribution in [3.63, 3.8) is 0 Å². The predicted molar refractivity (Wildman–Crippen MR) is 75.6 cm³/mol. The van der Waals surface area contributed by atoms with Crippen molar-refractivity contribution >= 4 is 17.2 Å². The Kier molecular flexibility index (Phi) is 3.52. The van der Waals surface area contributed by atoms with Gasteiger partial charge in [0.1, 0.15) is 6.17 Å². The Bertz CT molecular complexity index is 447. The van der Waals surface area contributed by atoms with Gasteiger partial charge in [-0.1, -0.05) is 20.8 Å². The average molecular weight is 266 g/mol. The van der Waals surface area contributed by atoms with Crippen LogP contribution in [0.2, 0.25) is 0 Å². The molecule has 1 fully saturated rings. The van der Waals surface area contributed by atoms with Crippen LogP contribution < -0.4 is 5.32 Å². The lowest BCUT2D eigenvalue weighted by atomic mass is 9.96. The molecule has 1 saturated heterocycles. The third kappa shape index (κ3) is 2.75. The fourth-order valence-electron chi connectivity index (χ4n) is 2.29. The molecule has 1 N–H and O–H groups in total. The van der Waals surface area contributed by atoms with Gasteiger partial charge in [0.2, 0.25) is 5.91 Å². The third-order valence-corrected chi connectivity index (χ3v) is 4.10. The maximum atomic E-state index is 12.2. The van der Waals surface area contributed by atoms with Crippen LogP contribution in [0.25, 0.3) is 0 Å². The molecule has 0 bridgehead atoms. The smallest absolute Gasteiger partial charge is 0.241 e. The van der Waals surface area contributed by atoms with E-state index < -0.39 is 0 Å². The van der Waals surface area contributed by atoms with E-state index in [4.69, 9.17) is 0 Å². The number of nitrogens with zero attached hydrogens (tertiary/aromatic N) is 1. The first kappa shape index (κ1) is 13.6. The maximum absolute atomic E-state index is 12.2. The zero-order valence-corrected chi connectivity index (χ0v) is 12.6. The molecule has 1 amide bonds. The maximum Gasteiger partial charge on any atom is 0.241 e. The zero-order valence-electron chi connectivity index (χ0n) is 11.8. The Morgan fingerprint density at radius 2 is 2.06 bits per heavy atom. The van der Waals surface area contributed by atoms with E-state index in [1.165, 1.54) is 9.75 Å². The van der Waals surface area contributed by atoms with Gasteiger partial charge in [-0.25, -0.2) is 0 Å². The minimum absolute atomic E-state index is 0.0467. The lowest BCUT2D eigenvalue weighted by Crippen LogP contribution is -2.37. The Morgan fingerprint density at radius 1 is 1.39 bits per heavy atom. The third-order valence-electron chi connectivity index (χ3n) is 3.05. The van der Waals surface area contributed by atoms with Crippen LogP contribution in [0.4, 0.5) is 0 Å².